The highest BCUT2D eigenvalue weighted by Gasteiger charge is 2.31. The molecule has 31 heavy (non-hydrogen) atoms. The number of aromatic nitrogens is 1. The summed E-state index contributed by atoms with van der Waals surface area (Å²) >= 11 is 0. The Morgan fingerprint density at radius 2 is 1.87 bits per heavy atom. The second kappa shape index (κ2) is 10.5. The summed E-state index contributed by atoms with van der Waals surface area (Å²) < 4.78 is 20.8. The van der Waals surface area contributed by atoms with Crippen LogP contribution in [0.25, 0.3) is 0 Å². The van der Waals surface area contributed by atoms with E-state index in [4.69, 9.17) is 18.7 Å². The van der Waals surface area contributed by atoms with Crippen LogP contribution in [-0.2, 0) is 27.3 Å². The zero-order valence-electron chi connectivity index (χ0n) is 17.8. The number of carboxylic acids is 1. The summed E-state index contributed by atoms with van der Waals surface area (Å²) in [5.41, 5.74) is 0.0213. The van der Waals surface area contributed by atoms with Gasteiger partial charge < -0.3 is 29.2 Å². The summed E-state index contributed by atoms with van der Waals surface area (Å²) in [6.07, 6.45) is -1.24. The van der Waals surface area contributed by atoms with Gasteiger partial charge in [-0.05, 0) is 38.4 Å². The third kappa shape index (κ3) is 7.32. The Hall–Kier alpha value is -3.56. The molecule has 1 amide bonds. The summed E-state index contributed by atoms with van der Waals surface area (Å²) in [6, 6.07) is 7.58. The Bertz CT molecular complexity index is 902. The van der Waals surface area contributed by atoms with Crippen molar-refractivity contribution in [1.82, 2.24) is 10.5 Å². The van der Waals surface area contributed by atoms with Gasteiger partial charge in [0.05, 0.1) is 12.2 Å². The molecular weight excluding hydrogens is 408 g/mol. The van der Waals surface area contributed by atoms with Crippen molar-refractivity contribution < 1.29 is 38.2 Å². The topological polar surface area (TPSA) is 137 Å². The molecule has 0 aliphatic carbocycles. The molecule has 0 bridgehead atoms. The summed E-state index contributed by atoms with van der Waals surface area (Å²) in [5, 5.41) is 15.5. The number of carbonyl (C=O) groups excluding carboxylic acids is 2. The first-order valence-electron chi connectivity index (χ1n) is 9.65. The van der Waals surface area contributed by atoms with Crippen LogP contribution in [0, 0.1) is 0 Å². The first kappa shape index (κ1) is 23.7. The van der Waals surface area contributed by atoms with Gasteiger partial charge in [0.15, 0.2) is 0 Å². The van der Waals surface area contributed by atoms with E-state index in [2.05, 4.69) is 10.5 Å². The molecule has 1 heterocycles. The maximum absolute atomic E-state index is 12.5. The lowest BCUT2D eigenvalue weighted by atomic mass is 10.1. The first-order chi connectivity index (χ1) is 14.6. The molecule has 0 unspecified atom stereocenters. The van der Waals surface area contributed by atoms with E-state index in [-0.39, 0.29) is 36.8 Å². The van der Waals surface area contributed by atoms with Gasteiger partial charge in [-0.15, -0.1) is 0 Å². The molecule has 0 aliphatic heterocycles. The Morgan fingerprint density at radius 1 is 1.19 bits per heavy atom. The third-order valence-corrected chi connectivity index (χ3v) is 3.83. The zero-order chi connectivity index (χ0) is 23.0. The van der Waals surface area contributed by atoms with Gasteiger partial charge in [0, 0.05) is 6.42 Å². The average Bonchev–Trinajstić information content (AvgIpc) is 3.07. The number of benzene rings is 1. The minimum Gasteiger partial charge on any atom is -0.480 e. The number of carboxylic acid groups (broad SMARTS) is 1. The number of carbonyl (C=O) groups is 3. The highest BCUT2D eigenvalue weighted by molar-refractivity contribution is 5.89. The largest absolute Gasteiger partial charge is 0.480 e. The summed E-state index contributed by atoms with van der Waals surface area (Å²) in [6.45, 7) is 6.83. The molecule has 1 aromatic heterocycles. The van der Waals surface area contributed by atoms with Crippen molar-refractivity contribution in [2.45, 2.75) is 52.4 Å². The number of hydrogen-bond acceptors (Lipinski definition) is 8. The maximum Gasteiger partial charge on any atom is 0.408 e. The van der Waals surface area contributed by atoms with Crippen LogP contribution < -0.4 is 10.1 Å². The van der Waals surface area contributed by atoms with E-state index in [1.165, 1.54) is 0 Å². The van der Waals surface area contributed by atoms with Gasteiger partial charge in [-0.25, -0.2) is 14.4 Å². The van der Waals surface area contributed by atoms with E-state index in [0.29, 0.717) is 0 Å². The minimum absolute atomic E-state index is 0.0116. The molecule has 0 spiro atoms. The first-order valence-corrected chi connectivity index (χ1v) is 9.65. The van der Waals surface area contributed by atoms with Crippen LogP contribution in [0.5, 0.6) is 5.88 Å². The standard InChI is InChI=1S/C21H26N2O8/c1-5-28-17-14(11-15(18(24)25)22-20(27)30-21(2,3)4)16(31-23-17)19(26)29-12-13-9-7-6-8-10-13/h6-10,15H,5,11-12H2,1-4H3,(H,22,27)(H,24,25)/t15-/m0/s1. The van der Waals surface area contributed by atoms with Gasteiger partial charge >= 0.3 is 18.0 Å². The van der Waals surface area contributed by atoms with E-state index in [1.54, 1.807) is 52.0 Å². The van der Waals surface area contributed by atoms with Crippen LogP contribution in [0.2, 0.25) is 0 Å². The molecular formula is C21H26N2O8. The summed E-state index contributed by atoms with van der Waals surface area (Å²) in [7, 11) is 0. The fourth-order valence-corrected chi connectivity index (χ4v) is 2.53. The normalized spacial score (nSPS) is 12.0. The van der Waals surface area contributed by atoms with Crippen molar-refractivity contribution >= 4 is 18.0 Å². The van der Waals surface area contributed by atoms with Crippen LogP contribution in [0.1, 0.15) is 49.4 Å². The van der Waals surface area contributed by atoms with Crippen LogP contribution in [0.3, 0.4) is 0 Å². The second-order valence-electron chi connectivity index (χ2n) is 7.53. The molecule has 0 radical (unpaired) electrons. The maximum atomic E-state index is 12.5. The van der Waals surface area contributed by atoms with E-state index < -0.39 is 29.7 Å². The van der Waals surface area contributed by atoms with Crippen molar-refractivity contribution in [3.63, 3.8) is 0 Å². The number of alkyl carbamates (subject to hydrolysis) is 1. The number of aliphatic carboxylic acids is 1. The Morgan fingerprint density at radius 3 is 2.45 bits per heavy atom. The summed E-state index contributed by atoms with van der Waals surface area (Å²) in [5.74, 6) is -2.51. The molecule has 0 saturated heterocycles. The number of nitrogens with zero attached hydrogens (tertiary/aromatic N) is 1. The molecule has 2 N–H and O–H groups in total. The van der Waals surface area contributed by atoms with Crippen molar-refractivity contribution in [3.8, 4) is 5.88 Å². The molecule has 10 heteroatoms. The number of esters is 1. The van der Waals surface area contributed by atoms with Crippen molar-refractivity contribution in [2.75, 3.05) is 6.61 Å². The van der Waals surface area contributed by atoms with Crippen LogP contribution >= 0.6 is 0 Å². The van der Waals surface area contributed by atoms with Gasteiger partial charge in [-0.2, -0.15) is 0 Å². The SMILES string of the molecule is CCOc1noc(C(=O)OCc2ccccc2)c1C[C@H](NC(=O)OC(C)(C)C)C(=O)O. The number of ether oxygens (including phenoxy) is 3. The van der Waals surface area contributed by atoms with Crippen LogP contribution in [0.4, 0.5) is 4.79 Å². The predicted molar refractivity (Wildman–Crippen MR) is 108 cm³/mol. The predicted octanol–water partition coefficient (Wildman–Crippen LogP) is 2.95. The van der Waals surface area contributed by atoms with Gasteiger partial charge in [0.2, 0.25) is 0 Å². The lowest BCUT2D eigenvalue weighted by Crippen LogP contribution is -2.44. The average molecular weight is 434 g/mol. The lowest BCUT2D eigenvalue weighted by Gasteiger charge is -2.22. The van der Waals surface area contributed by atoms with E-state index in [1.807, 2.05) is 6.07 Å². The number of nitrogens with one attached hydrogen (secondary N) is 1. The molecule has 1 aromatic carbocycles. The molecule has 1 atom stereocenters. The molecule has 0 fully saturated rings. The molecule has 10 nitrogen and oxygen atoms in total. The van der Waals surface area contributed by atoms with Crippen LogP contribution in [0.15, 0.2) is 34.9 Å². The van der Waals surface area contributed by atoms with Gasteiger partial charge in [-0.3, -0.25) is 0 Å². The van der Waals surface area contributed by atoms with E-state index >= 15 is 0 Å². The number of hydrogen-bond donors (Lipinski definition) is 2. The van der Waals surface area contributed by atoms with E-state index in [9.17, 15) is 19.5 Å². The molecule has 2 rings (SSSR count). The summed E-state index contributed by atoms with van der Waals surface area (Å²) in [4.78, 5) is 36.3. The monoisotopic (exact) mass is 434 g/mol. The Kier molecular flexibility index (Phi) is 8.00. The fraction of sp³-hybridized carbons (Fsp3) is 0.429. The molecule has 0 aliphatic rings. The zero-order valence-corrected chi connectivity index (χ0v) is 17.8. The lowest BCUT2D eigenvalue weighted by molar-refractivity contribution is -0.139. The van der Waals surface area contributed by atoms with Gasteiger partial charge in [-0.1, -0.05) is 30.3 Å². The van der Waals surface area contributed by atoms with Crippen molar-refractivity contribution in [1.29, 1.82) is 0 Å². The smallest absolute Gasteiger partial charge is 0.408 e. The van der Waals surface area contributed by atoms with E-state index in [0.717, 1.165) is 5.56 Å². The third-order valence-electron chi connectivity index (χ3n) is 3.83. The molecule has 2 aromatic rings. The van der Waals surface area contributed by atoms with Crippen molar-refractivity contribution in [2.24, 2.45) is 0 Å². The fourth-order valence-electron chi connectivity index (χ4n) is 2.53. The van der Waals surface area contributed by atoms with Crippen LogP contribution in [-0.4, -0.2) is 46.5 Å². The highest BCUT2D eigenvalue weighted by Crippen LogP contribution is 2.25. The number of amides is 1. The minimum atomic E-state index is -1.42. The quantitative estimate of drug-likeness (QED) is 0.571. The molecule has 168 valence electrons. The van der Waals surface area contributed by atoms with Gasteiger partial charge in [0.1, 0.15) is 18.2 Å². The number of rotatable bonds is 9. The molecule has 0 saturated carbocycles. The Balaban J connectivity index is 2.19. The second-order valence-corrected chi connectivity index (χ2v) is 7.53. The Labute approximate surface area is 179 Å². The van der Waals surface area contributed by atoms with Crippen molar-refractivity contribution in [3.05, 3.63) is 47.2 Å². The van der Waals surface area contributed by atoms with Gasteiger partial charge in [0.25, 0.3) is 11.6 Å². The highest BCUT2D eigenvalue weighted by atomic mass is 16.6.